The van der Waals surface area contributed by atoms with E-state index < -0.39 is 31.0 Å². The van der Waals surface area contributed by atoms with E-state index in [2.05, 4.69) is 53.8 Å². The summed E-state index contributed by atoms with van der Waals surface area (Å²) in [6.45, 7) is 3.03. The maximum absolute atomic E-state index is 11.2. The van der Waals surface area contributed by atoms with Gasteiger partial charge in [-0.2, -0.15) is 8.42 Å². The summed E-state index contributed by atoms with van der Waals surface area (Å²) in [7, 11) is -1.85. The first-order valence-electron chi connectivity index (χ1n) is 10.9. The predicted molar refractivity (Wildman–Crippen MR) is 137 cm³/mol. The minimum atomic E-state index is -3.98. The van der Waals surface area contributed by atoms with Gasteiger partial charge in [-0.1, -0.05) is 0 Å². The van der Waals surface area contributed by atoms with Crippen molar-refractivity contribution >= 4 is 75.7 Å². The van der Waals surface area contributed by atoms with E-state index in [9.17, 15) is 8.42 Å². The zero-order valence-corrected chi connectivity index (χ0v) is 23.5. The van der Waals surface area contributed by atoms with Crippen LogP contribution in [-0.4, -0.2) is 57.1 Å². The first kappa shape index (κ1) is 24.4. The van der Waals surface area contributed by atoms with Gasteiger partial charge in [-0.25, -0.2) is 0 Å². The van der Waals surface area contributed by atoms with Gasteiger partial charge in [0.1, 0.15) is 0 Å². The molecule has 3 aliphatic rings. The van der Waals surface area contributed by atoms with Crippen LogP contribution in [-0.2, 0) is 26.6 Å². The third kappa shape index (κ3) is 5.12. The third-order valence-electron chi connectivity index (χ3n) is 5.68. The molecule has 1 saturated heterocycles. The second-order valence-electron chi connectivity index (χ2n) is 8.01. The second kappa shape index (κ2) is 9.97. The van der Waals surface area contributed by atoms with Crippen LogP contribution in [0.4, 0.5) is 5.69 Å². The summed E-state index contributed by atoms with van der Waals surface area (Å²) in [6.07, 6.45) is 7.81. The normalized spacial score (nSPS) is 20.7. The van der Waals surface area contributed by atoms with Crippen molar-refractivity contribution < 1.29 is 27.0 Å². The van der Waals surface area contributed by atoms with E-state index in [-0.39, 0.29) is 9.90 Å². The van der Waals surface area contributed by atoms with Crippen molar-refractivity contribution in [3.63, 3.8) is 0 Å². The van der Waals surface area contributed by atoms with Gasteiger partial charge in [-0.05, 0) is 0 Å². The first-order chi connectivity index (χ1) is 16.3. The molecule has 0 amide bonds. The summed E-state index contributed by atoms with van der Waals surface area (Å²) in [5.74, 6) is 0.732. The molecule has 1 fully saturated rings. The summed E-state index contributed by atoms with van der Waals surface area (Å²) in [5, 5.41) is 2.26. The number of nitrogens with zero attached hydrogens (tertiary/aromatic N) is 2. The van der Waals surface area contributed by atoms with Crippen LogP contribution < -0.4 is 13.2 Å². The predicted octanol–water partition coefficient (Wildman–Crippen LogP) is 3.11. The molecular formula is C23H25N2O5S3Te+. The van der Waals surface area contributed by atoms with Gasteiger partial charge in [0.15, 0.2) is 0 Å². The molecule has 1 N–H and O–H groups in total. The number of benzene rings is 1. The molecule has 1 aromatic carbocycles. The summed E-state index contributed by atoms with van der Waals surface area (Å²) in [5.41, 5.74) is 2.27. The molecule has 5 rings (SSSR count). The van der Waals surface area contributed by atoms with Gasteiger partial charge < -0.3 is 0 Å². The fourth-order valence-electron chi connectivity index (χ4n) is 3.95. The zero-order valence-electron chi connectivity index (χ0n) is 18.8. The molecule has 34 heavy (non-hydrogen) atoms. The van der Waals surface area contributed by atoms with Gasteiger partial charge in [-0.15, -0.1) is 0 Å². The number of aromatic nitrogens is 1. The third-order valence-corrected chi connectivity index (χ3v) is 12.8. The quantitative estimate of drug-likeness (QED) is 0.286. The van der Waals surface area contributed by atoms with Gasteiger partial charge >= 0.3 is 206 Å². The molecular weight excluding hydrogens is 608 g/mol. The molecule has 1 unspecified atom stereocenters. The minimum Gasteiger partial charge on any atom is -0.286 e. The average molecular weight is 633 g/mol. The summed E-state index contributed by atoms with van der Waals surface area (Å²) in [4.78, 5) is 4.57. The number of fused-ring (bicyclic) bond motifs is 3. The Kier molecular flexibility index (Phi) is 7.15. The number of anilines is 1. The fourth-order valence-corrected chi connectivity index (χ4v) is 10.4. The van der Waals surface area contributed by atoms with Crippen molar-refractivity contribution in [1.82, 2.24) is 0 Å². The van der Waals surface area contributed by atoms with Crippen LogP contribution in [0.25, 0.3) is 12.2 Å². The van der Waals surface area contributed by atoms with Gasteiger partial charge in [0.25, 0.3) is 0 Å². The SMILES string of the molecule is CCC(=Cc1sc2c([n+]1C)[Te]C1OCOC1=C2)C=C1Sc2ccccc2N1CCCS(=O)(=O)O. The molecule has 1 aromatic heterocycles. The van der Waals surface area contributed by atoms with Gasteiger partial charge in [0.05, 0.1) is 0 Å². The van der Waals surface area contributed by atoms with E-state index in [0.29, 0.717) is 19.8 Å². The first-order valence-corrected chi connectivity index (χ1v) is 16.6. The van der Waals surface area contributed by atoms with Crippen molar-refractivity contribution in [3.8, 4) is 0 Å². The van der Waals surface area contributed by atoms with E-state index in [1.807, 2.05) is 12.1 Å². The minimum absolute atomic E-state index is 0.146. The topological polar surface area (TPSA) is 80.0 Å². The number of para-hydroxylation sites is 1. The number of thiazole rings is 1. The van der Waals surface area contributed by atoms with E-state index in [1.54, 1.807) is 23.1 Å². The van der Waals surface area contributed by atoms with Crippen LogP contribution in [0.2, 0.25) is 0 Å². The Morgan fingerprint density at radius 3 is 3.00 bits per heavy atom. The number of hydrogen-bond donors (Lipinski definition) is 1. The molecule has 3 aliphatic heterocycles. The Morgan fingerprint density at radius 2 is 2.21 bits per heavy atom. The molecule has 1 atom stereocenters. The van der Waals surface area contributed by atoms with Crippen molar-refractivity contribution in [2.45, 2.75) is 28.8 Å². The van der Waals surface area contributed by atoms with E-state index >= 15 is 0 Å². The number of hydrogen-bond acceptors (Lipinski definition) is 7. The molecule has 0 radical (unpaired) electrons. The Labute approximate surface area is 218 Å². The molecule has 2 aromatic rings. The number of rotatable bonds is 7. The van der Waals surface area contributed by atoms with E-state index in [0.717, 1.165) is 27.8 Å². The monoisotopic (exact) mass is 635 g/mol. The molecule has 0 aliphatic carbocycles. The number of allylic oxidation sites excluding steroid dienone is 2. The summed E-state index contributed by atoms with van der Waals surface area (Å²) < 4.78 is 46.8. The van der Waals surface area contributed by atoms with Crippen molar-refractivity contribution in [1.29, 1.82) is 0 Å². The fraction of sp³-hybridized carbons (Fsp3) is 0.348. The van der Waals surface area contributed by atoms with Crippen molar-refractivity contribution in [2.75, 3.05) is 24.0 Å². The average Bonchev–Trinajstić information content (AvgIpc) is 3.47. The Bertz CT molecular complexity index is 1320. The van der Waals surface area contributed by atoms with Crippen LogP contribution in [0.15, 0.2) is 51.6 Å². The van der Waals surface area contributed by atoms with Gasteiger partial charge in [-0.3, -0.25) is 4.55 Å². The molecule has 7 nitrogen and oxygen atoms in total. The molecule has 180 valence electrons. The smallest absolute Gasteiger partial charge is 0.286 e. The molecule has 11 heteroatoms. The van der Waals surface area contributed by atoms with Crippen LogP contribution in [0.5, 0.6) is 0 Å². The summed E-state index contributed by atoms with van der Waals surface area (Å²) in [6, 6.07) is 8.14. The van der Waals surface area contributed by atoms with Gasteiger partial charge in [0.2, 0.25) is 0 Å². The van der Waals surface area contributed by atoms with Crippen LogP contribution in [0, 0.1) is 0 Å². The van der Waals surface area contributed by atoms with Crippen LogP contribution in [0.3, 0.4) is 0 Å². The second-order valence-corrected chi connectivity index (χ2v) is 14.7. The summed E-state index contributed by atoms with van der Waals surface area (Å²) >= 11 is 2.95. The zero-order chi connectivity index (χ0) is 23.9. The van der Waals surface area contributed by atoms with Crippen LogP contribution in [0.1, 0.15) is 29.7 Å². The van der Waals surface area contributed by atoms with E-state index in [1.165, 1.54) is 19.2 Å². The number of ether oxygens (including phenoxy) is 2. The van der Waals surface area contributed by atoms with E-state index in [4.69, 9.17) is 14.0 Å². The Morgan fingerprint density at radius 1 is 1.38 bits per heavy atom. The molecule has 0 spiro atoms. The standard InChI is InChI=1S/C23H24N2O5S3Te/c1-3-15(11-20-24(2)22-19(32-20)13-17-23(34-22)30-14-29-17)12-21-25(9-6-10-33(26,27)28)16-7-4-5-8-18(16)31-21/h4-5,7-8,11-13,23H,3,6,9-10,14H2,1-2H3/p+1. The Balaban J connectivity index is 1.43. The van der Waals surface area contributed by atoms with Crippen molar-refractivity contribution in [3.05, 3.63) is 56.6 Å². The van der Waals surface area contributed by atoms with Gasteiger partial charge in [0, 0.05) is 0 Å². The van der Waals surface area contributed by atoms with Crippen LogP contribution >= 0.6 is 23.1 Å². The molecule has 0 saturated carbocycles. The Hall–Kier alpha value is -1.32. The van der Waals surface area contributed by atoms with Crippen molar-refractivity contribution in [2.24, 2.45) is 7.05 Å². The molecule has 4 heterocycles. The maximum atomic E-state index is 11.2. The number of thioether (sulfide) groups is 1. The molecule has 0 bridgehead atoms.